The summed E-state index contributed by atoms with van der Waals surface area (Å²) in [5.74, 6) is 1.09. The molecule has 1 aromatic rings. The van der Waals surface area contributed by atoms with Crippen LogP contribution in [0.3, 0.4) is 0 Å². The molecular weight excluding hydrogens is 291 g/mol. The summed E-state index contributed by atoms with van der Waals surface area (Å²) < 4.78 is 13.4. The third kappa shape index (κ3) is 4.54. The van der Waals surface area contributed by atoms with Gasteiger partial charge in [0, 0.05) is 19.0 Å². The third-order valence-corrected chi connectivity index (χ3v) is 5.24. The van der Waals surface area contributed by atoms with Crippen LogP contribution in [0.2, 0.25) is 0 Å². The molecule has 3 nitrogen and oxygen atoms in total. The number of amides is 1. The van der Waals surface area contributed by atoms with E-state index in [9.17, 15) is 9.18 Å². The van der Waals surface area contributed by atoms with Gasteiger partial charge < -0.3 is 10.2 Å². The molecule has 0 aromatic heterocycles. The highest BCUT2D eigenvalue weighted by Gasteiger charge is 2.34. The highest BCUT2D eigenvalue weighted by Crippen LogP contribution is 2.31. The summed E-state index contributed by atoms with van der Waals surface area (Å²) >= 11 is 0. The fourth-order valence-electron chi connectivity index (χ4n) is 3.61. The van der Waals surface area contributed by atoms with Crippen molar-refractivity contribution in [2.24, 2.45) is 11.8 Å². The average Bonchev–Trinajstić information content (AvgIpc) is 3.38. The zero-order valence-electron chi connectivity index (χ0n) is 13.9. The van der Waals surface area contributed by atoms with Gasteiger partial charge in [-0.05, 0) is 68.3 Å². The Morgan fingerprint density at radius 1 is 1.30 bits per heavy atom. The van der Waals surface area contributed by atoms with Gasteiger partial charge in [0.15, 0.2) is 0 Å². The topological polar surface area (TPSA) is 32.3 Å². The molecule has 1 unspecified atom stereocenters. The summed E-state index contributed by atoms with van der Waals surface area (Å²) in [7, 11) is 0. The van der Waals surface area contributed by atoms with E-state index in [1.54, 1.807) is 12.1 Å². The minimum Gasteiger partial charge on any atom is -0.335 e. The van der Waals surface area contributed by atoms with E-state index in [4.69, 9.17) is 0 Å². The van der Waals surface area contributed by atoms with Gasteiger partial charge in [-0.25, -0.2) is 4.39 Å². The lowest BCUT2D eigenvalue weighted by atomic mass is 9.84. The first-order valence-electron chi connectivity index (χ1n) is 8.88. The van der Waals surface area contributed by atoms with E-state index in [1.165, 1.54) is 18.9 Å². The van der Waals surface area contributed by atoms with E-state index >= 15 is 0 Å². The number of carbonyl (C=O) groups is 1. The molecule has 23 heavy (non-hydrogen) atoms. The van der Waals surface area contributed by atoms with Crippen molar-refractivity contribution in [3.63, 3.8) is 0 Å². The van der Waals surface area contributed by atoms with Crippen LogP contribution in [0.4, 0.5) is 4.39 Å². The Morgan fingerprint density at radius 3 is 2.70 bits per heavy atom. The van der Waals surface area contributed by atoms with E-state index in [2.05, 4.69) is 12.2 Å². The Morgan fingerprint density at radius 2 is 2.04 bits per heavy atom. The third-order valence-electron chi connectivity index (χ3n) is 5.24. The molecule has 1 heterocycles. The maximum atomic E-state index is 13.4. The van der Waals surface area contributed by atoms with Crippen molar-refractivity contribution in [2.75, 3.05) is 13.1 Å². The molecule has 1 aliphatic heterocycles. The van der Waals surface area contributed by atoms with Crippen LogP contribution in [0.5, 0.6) is 0 Å². The number of hydrogen-bond donors (Lipinski definition) is 1. The normalized spacial score (nSPS) is 20.3. The van der Waals surface area contributed by atoms with Crippen LogP contribution in [0, 0.1) is 17.7 Å². The lowest BCUT2D eigenvalue weighted by molar-refractivity contribution is -0.133. The number of piperidine rings is 1. The maximum absolute atomic E-state index is 13.4. The average molecular weight is 318 g/mol. The Balaban J connectivity index is 1.60. The summed E-state index contributed by atoms with van der Waals surface area (Å²) in [4.78, 5) is 14.8. The molecule has 1 aliphatic carbocycles. The summed E-state index contributed by atoms with van der Waals surface area (Å²) in [6.45, 7) is 4.89. The Labute approximate surface area is 138 Å². The van der Waals surface area contributed by atoms with Gasteiger partial charge in [0.25, 0.3) is 0 Å². The zero-order chi connectivity index (χ0) is 16.2. The molecule has 1 aromatic carbocycles. The lowest BCUT2D eigenvalue weighted by Gasteiger charge is -2.30. The number of rotatable bonds is 6. The second kappa shape index (κ2) is 7.43. The number of hydrogen-bond acceptors (Lipinski definition) is 2. The van der Waals surface area contributed by atoms with E-state index in [-0.39, 0.29) is 11.7 Å². The van der Waals surface area contributed by atoms with Crippen molar-refractivity contribution in [2.45, 2.75) is 51.6 Å². The van der Waals surface area contributed by atoms with Crippen molar-refractivity contribution < 1.29 is 9.18 Å². The van der Waals surface area contributed by atoms with Crippen molar-refractivity contribution in [1.29, 1.82) is 0 Å². The second-order valence-corrected chi connectivity index (χ2v) is 7.15. The fraction of sp³-hybridized carbons (Fsp3) is 0.632. The molecule has 2 fully saturated rings. The monoisotopic (exact) mass is 318 g/mol. The van der Waals surface area contributed by atoms with Crippen molar-refractivity contribution in [3.05, 3.63) is 35.6 Å². The molecule has 0 bridgehead atoms. The Bertz CT molecular complexity index is 538. The van der Waals surface area contributed by atoms with Crippen LogP contribution >= 0.6 is 0 Å². The highest BCUT2D eigenvalue weighted by atomic mass is 19.1. The molecule has 2 aliphatic rings. The largest absolute Gasteiger partial charge is 0.335 e. The number of nitrogens with zero attached hydrogens (tertiary/aromatic N) is 1. The van der Waals surface area contributed by atoms with Crippen LogP contribution in [0.25, 0.3) is 0 Å². The van der Waals surface area contributed by atoms with Crippen LogP contribution in [0.1, 0.15) is 44.6 Å². The van der Waals surface area contributed by atoms with E-state index < -0.39 is 0 Å². The maximum Gasteiger partial charge on any atom is 0.223 e. The molecule has 1 saturated heterocycles. The van der Waals surface area contributed by atoms with Gasteiger partial charge in [-0.1, -0.05) is 19.1 Å². The first-order valence-corrected chi connectivity index (χ1v) is 8.88. The molecule has 0 spiro atoms. The predicted molar refractivity (Wildman–Crippen MR) is 89.3 cm³/mol. The number of nitrogens with one attached hydrogen (secondary N) is 1. The van der Waals surface area contributed by atoms with Gasteiger partial charge in [0.05, 0.1) is 0 Å². The van der Waals surface area contributed by atoms with E-state index in [0.717, 1.165) is 31.5 Å². The van der Waals surface area contributed by atoms with Gasteiger partial charge in [-0.3, -0.25) is 4.79 Å². The minimum atomic E-state index is -0.228. The quantitative estimate of drug-likeness (QED) is 0.872. The Hall–Kier alpha value is -1.42. The van der Waals surface area contributed by atoms with Crippen LogP contribution in [-0.4, -0.2) is 29.9 Å². The van der Waals surface area contributed by atoms with E-state index in [0.29, 0.717) is 30.8 Å². The minimum absolute atomic E-state index is 0.228. The van der Waals surface area contributed by atoms with Crippen molar-refractivity contribution >= 4 is 5.91 Å². The number of benzene rings is 1. The molecule has 3 rings (SSSR count). The summed E-state index contributed by atoms with van der Waals surface area (Å²) in [6, 6.07) is 6.98. The van der Waals surface area contributed by atoms with Crippen LogP contribution in [-0.2, 0) is 11.3 Å². The molecule has 1 saturated carbocycles. The molecule has 1 amide bonds. The molecule has 1 atom stereocenters. The summed E-state index contributed by atoms with van der Waals surface area (Å²) in [6.07, 6.45) is 5.13. The zero-order valence-corrected chi connectivity index (χ0v) is 13.9. The van der Waals surface area contributed by atoms with Gasteiger partial charge in [0.1, 0.15) is 5.82 Å². The molecule has 1 N–H and O–H groups in total. The van der Waals surface area contributed by atoms with Crippen molar-refractivity contribution in [3.8, 4) is 0 Å². The summed E-state index contributed by atoms with van der Waals surface area (Å²) in [5.41, 5.74) is 0.889. The van der Waals surface area contributed by atoms with Gasteiger partial charge in [0.2, 0.25) is 5.91 Å². The van der Waals surface area contributed by atoms with E-state index in [1.807, 2.05) is 11.0 Å². The fourth-order valence-corrected chi connectivity index (χ4v) is 3.61. The molecule has 0 radical (unpaired) electrons. The summed E-state index contributed by atoms with van der Waals surface area (Å²) in [5, 5.41) is 3.38. The smallest absolute Gasteiger partial charge is 0.223 e. The van der Waals surface area contributed by atoms with Gasteiger partial charge >= 0.3 is 0 Å². The van der Waals surface area contributed by atoms with Crippen LogP contribution < -0.4 is 5.32 Å². The van der Waals surface area contributed by atoms with Gasteiger partial charge in [-0.2, -0.15) is 0 Å². The van der Waals surface area contributed by atoms with Crippen molar-refractivity contribution in [1.82, 2.24) is 10.2 Å². The van der Waals surface area contributed by atoms with Crippen LogP contribution in [0.15, 0.2) is 24.3 Å². The first kappa shape index (κ1) is 16.4. The Kier molecular flexibility index (Phi) is 5.31. The molecule has 4 heteroatoms. The number of halogens is 1. The lowest BCUT2D eigenvalue weighted by Crippen LogP contribution is -2.36. The molecular formula is C19H27FN2O. The number of carbonyl (C=O) groups excluding carboxylic acids is 1. The molecule has 126 valence electrons. The second-order valence-electron chi connectivity index (χ2n) is 7.15. The highest BCUT2D eigenvalue weighted by molar-refractivity contribution is 5.77. The SMILES string of the molecule is CC(CC(=O)N(Cc1cccc(F)c1)C1CC1)C1CCNCC1. The standard InChI is InChI=1S/C19H27FN2O/c1-14(16-7-9-21-10-8-16)11-19(23)22(18-5-6-18)13-15-3-2-4-17(20)12-15/h2-4,12,14,16,18,21H,5-11,13H2,1H3. The first-order chi connectivity index (χ1) is 11.1. The van der Waals surface area contributed by atoms with Gasteiger partial charge in [-0.15, -0.1) is 0 Å². The predicted octanol–water partition coefficient (Wildman–Crippen LogP) is 3.34.